The predicted octanol–water partition coefficient (Wildman–Crippen LogP) is 1.71. The van der Waals surface area contributed by atoms with Gasteiger partial charge in [0.1, 0.15) is 6.54 Å². The number of carbonyl (C=O) groups is 1. The van der Waals surface area contributed by atoms with E-state index in [4.69, 9.17) is 21.7 Å². The van der Waals surface area contributed by atoms with Crippen LogP contribution in [-0.4, -0.2) is 73.4 Å². The summed E-state index contributed by atoms with van der Waals surface area (Å²) in [6.07, 6.45) is 1.02. The lowest BCUT2D eigenvalue weighted by molar-refractivity contribution is -0.141. The number of rotatable bonds is 9. The van der Waals surface area contributed by atoms with Gasteiger partial charge in [-0.2, -0.15) is 0 Å². The zero-order valence-corrected chi connectivity index (χ0v) is 16.4. The SMILES string of the molecule is CCOC(=O)CNC(=S)N(CCCN1CCOCC1)Cc1cccs1. The smallest absolute Gasteiger partial charge is 0.325 e. The summed E-state index contributed by atoms with van der Waals surface area (Å²) in [4.78, 5) is 17.3. The summed E-state index contributed by atoms with van der Waals surface area (Å²) in [7, 11) is 0. The molecule has 0 spiro atoms. The Balaban J connectivity index is 1.81. The monoisotopic (exact) mass is 385 g/mol. The number of morpholine rings is 1. The van der Waals surface area contributed by atoms with Crippen LogP contribution in [-0.2, 0) is 20.8 Å². The van der Waals surface area contributed by atoms with Gasteiger partial charge in [-0.25, -0.2) is 0 Å². The zero-order valence-electron chi connectivity index (χ0n) is 14.7. The maximum absolute atomic E-state index is 11.5. The van der Waals surface area contributed by atoms with Gasteiger partial charge in [0.05, 0.1) is 26.4 Å². The summed E-state index contributed by atoms with van der Waals surface area (Å²) < 4.78 is 10.3. The molecule has 6 nitrogen and oxygen atoms in total. The Labute approximate surface area is 159 Å². The maximum Gasteiger partial charge on any atom is 0.325 e. The topological polar surface area (TPSA) is 54.0 Å². The Hall–Kier alpha value is -1.22. The number of hydrogen-bond acceptors (Lipinski definition) is 6. The molecule has 0 amide bonds. The summed E-state index contributed by atoms with van der Waals surface area (Å²) in [5.41, 5.74) is 0. The minimum absolute atomic E-state index is 0.108. The van der Waals surface area contributed by atoms with Crippen LogP contribution in [0.15, 0.2) is 17.5 Å². The van der Waals surface area contributed by atoms with E-state index in [-0.39, 0.29) is 12.5 Å². The molecule has 2 rings (SSSR count). The van der Waals surface area contributed by atoms with Crippen molar-refractivity contribution < 1.29 is 14.3 Å². The van der Waals surface area contributed by atoms with Gasteiger partial charge < -0.3 is 19.7 Å². The molecule has 1 aromatic heterocycles. The lowest BCUT2D eigenvalue weighted by Gasteiger charge is -2.29. The fourth-order valence-corrected chi connectivity index (χ4v) is 3.57. The Morgan fingerprint density at radius 2 is 2.28 bits per heavy atom. The summed E-state index contributed by atoms with van der Waals surface area (Å²) >= 11 is 7.21. The lowest BCUT2D eigenvalue weighted by Crippen LogP contribution is -2.43. The van der Waals surface area contributed by atoms with E-state index in [9.17, 15) is 4.79 Å². The van der Waals surface area contributed by atoms with Gasteiger partial charge in [0.2, 0.25) is 0 Å². The Bertz CT molecular complexity index is 519. The van der Waals surface area contributed by atoms with Crippen LogP contribution in [0.4, 0.5) is 0 Å². The van der Waals surface area contributed by atoms with E-state index < -0.39 is 0 Å². The van der Waals surface area contributed by atoms with E-state index in [0.717, 1.165) is 52.4 Å². The molecule has 0 bridgehead atoms. The molecule has 8 heteroatoms. The van der Waals surface area contributed by atoms with E-state index in [2.05, 4.69) is 26.6 Å². The largest absolute Gasteiger partial charge is 0.465 e. The van der Waals surface area contributed by atoms with Crippen LogP contribution in [0.2, 0.25) is 0 Å². The third kappa shape index (κ3) is 7.68. The van der Waals surface area contributed by atoms with Gasteiger partial charge in [-0.3, -0.25) is 9.69 Å². The molecule has 0 aromatic carbocycles. The molecular weight excluding hydrogens is 358 g/mol. The maximum atomic E-state index is 11.5. The Morgan fingerprint density at radius 3 is 2.96 bits per heavy atom. The number of thiophene rings is 1. The average molecular weight is 386 g/mol. The van der Waals surface area contributed by atoms with Gasteiger partial charge in [-0.15, -0.1) is 11.3 Å². The first-order valence-electron chi connectivity index (χ1n) is 8.70. The highest BCUT2D eigenvalue weighted by atomic mass is 32.1. The van der Waals surface area contributed by atoms with Crippen LogP contribution >= 0.6 is 23.6 Å². The Morgan fingerprint density at radius 1 is 1.48 bits per heavy atom. The fraction of sp³-hybridized carbons (Fsp3) is 0.647. The normalized spacial score (nSPS) is 14.9. The molecule has 0 saturated carbocycles. The lowest BCUT2D eigenvalue weighted by atomic mass is 10.3. The predicted molar refractivity (Wildman–Crippen MR) is 104 cm³/mol. The average Bonchev–Trinajstić information content (AvgIpc) is 3.13. The van der Waals surface area contributed by atoms with Gasteiger partial charge in [0.25, 0.3) is 0 Å². The molecule has 0 atom stereocenters. The number of esters is 1. The second-order valence-electron chi connectivity index (χ2n) is 5.77. The molecule has 1 aliphatic rings. The molecule has 1 aromatic rings. The van der Waals surface area contributed by atoms with Crippen molar-refractivity contribution in [2.24, 2.45) is 0 Å². The highest BCUT2D eigenvalue weighted by Gasteiger charge is 2.14. The summed E-state index contributed by atoms with van der Waals surface area (Å²) in [5, 5.41) is 5.69. The molecule has 1 aliphatic heterocycles. The molecule has 2 heterocycles. The summed E-state index contributed by atoms with van der Waals surface area (Å²) in [5.74, 6) is -0.283. The van der Waals surface area contributed by atoms with Gasteiger partial charge in [-0.1, -0.05) is 6.07 Å². The molecule has 0 unspecified atom stereocenters. The summed E-state index contributed by atoms with van der Waals surface area (Å²) in [6.45, 7) is 8.56. The zero-order chi connectivity index (χ0) is 17.9. The Kier molecular flexibility index (Phi) is 9.17. The highest BCUT2D eigenvalue weighted by Crippen LogP contribution is 2.12. The second kappa shape index (κ2) is 11.4. The molecule has 140 valence electrons. The van der Waals surface area contributed by atoms with Crippen molar-refractivity contribution in [2.45, 2.75) is 19.9 Å². The third-order valence-corrected chi connectivity index (χ3v) is 5.17. The first-order valence-corrected chi connectivity index (χ1v) is 9.98. The van der Waals surface area contributed by atoms with E-state index in [0.29, 0.717) is 11.7 Å². The first kappa shape index (κ1) is 20.1. The molecule has 25 heavy (non-hydrogen) atoms. The van der Waals surface area contributed by atoms with Crippen molar-refractivity contribution in [3.8, 4) is 0 Å². The fourth-order valence-electron chi connectivity index (χ4n) is 2.62. The number of hydrogen-bond donors (Lipinski definition) is 1. The van der Waals surface area contributed by atoms with E-state index in [1.165, 1.54) is 4.88 Å². The van der Waals surface area contributed by atoms with Gasteiger partial charge in [0.15, 0.2) is 5.11 Å². The number of nitrogens with zero attached hydrogens (tertiary/aromatic N) is 2. The second-order valence-corrected chi connectivity index (χ2v) is 7.19. The molecule has 0 radical (unpaired) electrons. The summed E-state index contributed by atoms with van der Waals surface area (Å²) in [6, 6.07) is 4.15. The molecule has 1 fully saturated rings. The first-order chi connectivity index (χ1) is 12.2. The molecule has 1 N–H and O–H groups in total. The van der Waals surface area contributed by atoms with Crippen molar-refractivity contribution in [1.29, 1.82) is 0 Å². The number of nitrogens with one attached hydrogen (secondary N) is 1. The van der Waals surface area contributed by atoms with Crippen molar-refractivity contribution in [3.63, 3.8) is 0 Å². The highest BCUT2D eigenvalue weighted by molar-refractivity contribution is 7.80. The van der Waals surface area contributed by atoms with Crippen molar-refractivity contribution in [3.05, 3.63) is 22.4 Å². The van der Waals surface area contributed by atoms with E-state index in [1.807, 2.05) is 6.07 Å². The minimum atomic E-state index is -0.283. The number of thiocarbonyl (C=S) groups is 1. The quantitative estimate of drug-likeness (QED) is 0.513. The van der Waals surface area contributed by atoms with E-state index >= 15 is 0 Å². The molecule has 1 saturated heterocycles. The third-order valence-electron chi connectivity index (χ3n) is 3.91. The van der Waals surface area contributed by atoms with Crippen molar-refractivity contribution in [2.75, 3.05) is 52.5 Å². The van der Waals surface area contributed by atoms with E-state index in [1.54, 1.807) is 18.3 Å². The van der Waals surface area contributed by atoms with Crippen LogP contribution in [0.3, 0.4) is 0 Å². The minimum Gasteiger partial charge on any atom is -0.465 e. The van der Waals surface area contributed by atoms with Crippen molar-refractivity contribution in [1.82, 2.24) is 15.1 Å². The molecular formula is C17H27N3O3S2. The number of carbonyl (C=O) groups excluding carboxylic acids is 1. The number of ether oxygens (including phenoxy) is 2. The van der Waals surface area contributed by atoms with Crippen molar-refractivity contribution >= 4 is 34.6 Å². The van der Waals surface area contributed by atoms with Crippen LogP contribution in [0.25, 0.3) is 0 Å². The van der Waals surface area contributed by atoms with Crippen LogP contribution in [0.5, 0.6) is 0 Å². The van der Waals surface area contributed by atoms with Crippen LogP contribution in [0.1, 0.15) is 18.2 Å². The van der Waals surface area contributed by atoms with Gasteiger partial charge >= 0.3 is 5.97 Å². The van der Waals surface area contributed by atoms with Crippen LogP contribution < -0.4 is 5.32 Å². The van der Waals surface area contributed by atoms with Gasteiger partial charge in [-0.05, 0) is 37.0 Å². The van der Waals surface area contributed by atoms with Gasteiger partial charge in [0, 0.05) is 31.1 Å². The molecule has 0 aliphatic carbocycles. The van der Waals surface area contributed by atoms with Crippen LogP contribution in [0, 0.1) is 0 Å². The standard InChI is InChI=1S/C17H27N3O3S2/c1-2-23-16(21)13-18-17(24)20(14-15-5-3-12-25-15)7-4-6-19-8-10-22-11-9-19/h3,5,12H,2,4,6-11,13-14H2,1H3,(H,18,24).